The summed E-state index contributed by atoms with van der Waals surface area (Å²) in [5, 5.41) is 0. The summed E-state index contributed by atoms with van der Waals surface area (Å²) >= 11 is 0. The highest BCUT2D eigenvalue weighted by Crippen LogP contribution is 2.24. The molecular formula is C13H22N2O2. The van der Waals surface area contributed by atoms with Gasteiger partial charge in [-0.15, -0.1) is 0 Å². The minimum atomic E-state index is -0.128. The molecule has 2 rings (SSSR count). The van der Waals surface area contributed by atoms with Gasteiger partial charge in [0.2, 0.25) is 0 Å². The van der Waals surface area contributed by atoms with Gasteiger partial charge in [0.05, 0.1) is 19.5 Å². The van der Waals surface area contributed by atoms with E-state index >= 15 is 0 Å². The van der Waals surface area contributed by atoms with Gasteiger partial charge in [0.1, 0.15) is 0 Å². The first-order valence-corrected chi connectivity index (χ1v) is 6.65. The second-order valence-corrected chi connectivity index (χ2v) is 5.02. The molecule has 0 radical (unpaired) electrons. The minimum absolute atomic E-state index is 0.128. The van der Waals surface area contributed by atoms with E-state index < -0.39 is 0 Å². The summed E-state index contributed by atoms with van der Waals surface area (Å²) in [6, 6.07) is 0.978. The molecule has 17 heavy (non-hydrogen) atoms. The van der Waals surface area contributed by atoms with Crippen molar-refractivity contribution in [2.24, 2.45) is 4.99 Å². The van der Waals surface area contributed by atoms with Gasteiger partial charge >= 0.3 is 5.97 Å². The van der Waals surface area contributed by atoms with Crippen molar-refractivity contribution in [2.75, 3.05) is 13.7 Å². The fraction of sp³-hybridized carbons (Fsp3) is 0.846. The summed E-state index contributed by atoms with van der Waals surface area (Å²) in [5.74, 6) is -0.128. The number of carbonyl (C=O) groups excluding carboxylic acids is 1. The molecule has 1 aliphatic heterocycles. The van der Waals surface area contributed by atoms with Crippen molar-refractivity contribution in [2.45, 2.75) is 57.0 Å². The number of rotatable bonds is 4. The van der Waals surface area contributed by atoms with Crippen molar-refractivity contribution < 1.29 is 9.53 Å². The van der Waals surface area contributed by atoms with E-state index in [0.717, 1.165) is 13.0 Å². The van der Waals surface area contributed by atoms with Crippen LogP contribution in [-0.2, 0) is 9.53 Å². The second kappa shape index (κ2) is 6.03. The largest absolute Gasteiger partial charge is 0.469 e. The number of methoxy groups -OCH3 is 1. The van der Waals surface area contributed by atoms with Gasteiger partial charge in [-0.25, -0.2) is 0 Å². The number of hydrogen-bond donors (Lipinski definition) is 0. The van der Waals surface area contributed by atoms with Gasteiger partial charge in [0, 0.05) is 19.0 Å². The van der Waals surface area contributed by atoms with Crippen LogP contribution in [0.25, 0.3) is 0 Å². The standard InChI is InChI=1S/C13H22N2O2/c1-17-13(16)8-7-11-9-15(10-14-11)12-5-3-2-4-6-12/h10-12H,2-9H2,1H3. The van der Waals surface area contributed by atoms with E-state index in [4.69, 9.17) is 0 Å². The normalized spacial score (nSPS) is 25.2. The number of ether oxygens (including phenoxy) is 1. The van der Waals surface area contributed by atoms with Crippen molar-refractivity contribution in [1.29, 1.82) is 0 Å². The maximum Gasteiger partial charge on any atom is 0.305 e. The Morgan fingerprint density at radius 2 is 2.18 bits per heavy atom. The molecule has 1 aliphatic carbocycles. The van der Waals surface area contributed by atoms with E-state index in [1.54, 1.807) is 0 Å². The van der Waals surface area contributed by atoms with Gasteiger partial charge in [-0.3, -0.25) is 9.79 Å². The van der Waals surface area contributed by atoms with E-state index in [9.17, 15) is 4.79 Å². The molecular weight excluding hydrogens is 216 g/mol. The molecule has 0 aromatic rings. The Labute approximate surface area is 103 Å². The Bertz CT molecular complexity index is 285. The summed E-state index contributed by atoms with van der Waals surface area (Å²) in [7, 11) is 1.44. The van der Waals surface area contributed by atoms with Gasteiger partial charge in [-0.1, -0.05) is 19.3 Å². The third-order valence-electron chi connectivity index (χ3n) is 3.80. The molecule has 1 saturated carbocycles. The Kier molecular flexibility index (Phi) is 4.40. The van der Waals surface area contributed by atoms with Crippen molar-refractivity contribution in [3.8, 4) is 0 Å². The van der Waals surface area contributed by atoms with E-state index in [0.29, 0.717) is 12.5 Å². The zero-order valence-corrected chi connectivity index (χ0v) is 10.6. The molecule has 0 bridgehead atoms. The molecule has 2 aliphatic rings. The van der Waals surface area contributed by atoms with Crippen molar-refractivity contribution in [3.63, 3.8) is 0 Å². The van der Waals surface area contributed by atoms with Crippen molar-refractivity contribution in [1.82, 2.24) is 4.90 Å². The average molecular weight is 238 g/mol. The molecule has 0 aromatic heterocycles. The monoisotopic (exact) mass is 238 g/mol. The molecule has 1 unspecified atom stereocenters. The van der Waals surface area contributed by atoms with Crippen molar-refractivity contribution >= 4 is 12.3 Å². The first kappa shape index (κ1) is 12.4. The lowest BCUT2D eigenvalue weighted by Crippen LogP contribution is -2.36. The Balaban J connectivity index is 1.72. The maximum atomic E-state index is 11.1. The zero-order valence-electron chi connectivity index (χ0n) is 10.6. The summed E-state index contributed by atoms with van der Waals surface area (Å²) in [5.41, 5.74) is 0. The van der Waals surface area contributed by atoms with Gasteiger partial charge in [0.15, 0.2) is 0 Å². The highest BCUT2D eigenvalue weighted by molar-refractivity contribution is 5.69. The maximum absolute atomic E-state index is 11.1. The van der Waals surface area contributed by atoms with Crippen LogP contribution in [0.3, 0.4) is 0 Å². The number of nitrogens with zero attached hydrogens (tertiary/aromatic N) is 2. The molecule has 0 N–H and O–H groups in total. The molecule has 0 aromatic carbocycles. The first-order chi connectivity index (χ1) is 8.29. The van der Waals surface area contributed by atoms with E-state index in [2.05, 4.69) is 14.6 Å². The molecule has 1 heterocycles. The van der Waals surface area contributed by atoms with Crippen LogP contribution in [0, 0.1) is 0 Å². The first-order valence-electron chi connectivity index (χ1n) is 6.65. The predicted molar refractivity (Wildman–Crippen MR) is 67.1 cm³/mol. The van der Waals surface area contributed by atoms with Gasteiger partial charge in [-0.05, 0) is 19.3 Å². The highest BCUT2D eigenvalue weighted by atomic mass is 16.5. The van der Waals surface area contributed by atoms with E-state index in [1.807, 2.05) is 6.34 Å². The Morgan fingerprint density at radius 1 is 1.41 bits per heavy atom. The smallest absolute Gasteiger partial charge is 0.305 e. The minimum Gasteiger partial charge on any atom is -0.469 e. The van der Waals surface area contributed by atoms with Crippen LogP contribution in [0.1, 0.15) is 44.9 Å². The molecule has 0 amide bonds. The molecule has 0 spiro atoms. The molecule has 4 nitrogen and oxygen atoms in total. The number of carbonyl (C=O) groups is 1. The molecule has 1 fully saturated rings. The summed E-state index contributed by atoms with van der Waals surface area (Å²) in [6.45, 7) is 0.988. The van der Waals surface area contributed by atoms with Gasteiger partial charge < -0.3 is 9.64 Å². The van der Waals surface area contributed by atoms with Crippen molar-refractivity contribution in [3.05, 3.63) is 0 Å². The number of esters is 1. The van der Waals surface area contributed by atoms with Crippen LogP contribution >= 0.6 is 0 Å². The lowest BCUT2D eigenvalue weighted by molar-refractivity contribution is -0.140. The topological polar surface area (TPSA) is 41.9 Å². The average Bonchev–Trinajstić information content (AvgIpc) is 2.86. The molecule has 0 saturated heterocycles. The molecule has 4 heteroatoms. The molecule has 96 valence electrons. The summed E-state index contributed by atoms with van der Waals surface area (Å²) in [4.78, 5) is 17.9. The van der Waals surface area contributed by atoms with E-state index in [-0.39, 0.29) is 12.0 Å². The SMILES string of the molecule is COC(=O)CCC1CN(C2CCCCC2)C=N1. The fourth-order valence-corrected chi connectivity index (χ4v) is 2.73. The third kappa shape index (κ3) is 3.45. The van der Waals surface area contributed by atoms with E-state index in [1.165, 1.54) is 39.2 Å². The fourth-order valence-electron chi connectivity index (χ4n) is 2.73. The molecule has 1 atom stereocenters. The lowest BCUT2D eigenvalue weighted by atomic mass is 9.94. The van der Waals surface area contributed by atoms with Crippen LogP contribution in [0.2, 0.25) is 0 Å². The Hall–Kier alpha value is -1.06. The predicted octanol–water partition coefficient (Wildman–Crippen LogP) is 1.98. The number of hydrogen-bond acceptors (Lipinski definition) is 4. The third-order valence-corrected chi connectivity index (χ3v) is 3.80. The summed E-state index contributed by atoms with van der Waals surface area (Å²) in [6.07, 6.45) is 9.98. The highest BCUT2D eigenvalue weighted by Gasteiger charge is 2.25. The zero-order chi connectivity index (χ0) is 12.1. The van der Waals surface area contributed by atoms with Gasteiger partial charge in [-0.2, -0.15) is 0 Å². The number of aliphatic imine (C=N–C) groups is 1. The van der Waals surface area contributed by atoms with Gasteiger partial charge in [0.25, 0.3) is 0 Å². The van der Waals surface area contributed by atoms with Crippen LogP contribution in [0.5, 0.6) is 0 Å². The van der Waals surface area contributed by atoms with Crippen LogP contribution in [0.4, 0.5) is 0 Å². The lowest BCUT2D eigenvalue weighted by Gasteiger charge is -2.30. The van der Waals surface area contributed by atoms with Crippen LogP contribution in [-0.4, -0.2) is 42.9 Å². The quantitative estimate of drug-likeness (QED) is 0.703. The summed E-state index contributed by atoms with van der Waals surface area (Å²) < 4.78 is 4.65. The second-order valence-electron chi connectivity index (χ2n) is 5.02. The van der Waals surface area contributed by atoms with Crippen LogP contribution < -0.4 is 0 Å². The van der Waals surface area contributed by atoms with Crippen LogP contribution in [0.15, 0.2) is 4.99 Å². The Morgan fingerprint density at radius 3 is 2.88 bits per heavy atom.